The van der Waals surface area contributed by atoms with Crippen LogP contribution in [0.2, 0.25) is 0 Å². The van der Waals surface area contributed by atoms with E-state index in [2.05, 4.69) is 13.2 Å². The Morgan fingerprint density at radius 1 is 1.12 bits per heavy atom. The molecule has 1 aliphatic heterocycles. The maximum absolute atomic E-state index is 13.0. The third-order valence-electron chi connectivity index (χ3n) is 6.94. The van der Waals surface area contributed by atoms with Crippen molar-refractivity contribution in [2.75, 3.05) is 19.8 Å². The number of hydrogen-bond donors (Lipinski definition) is 2. The standard InChI is InChI=1S/C25H30O9/c1-12(5-7-26)23(29)32-11-16(6-8-27)25(31)33-19-9-13(2)17-10-18(28)14(3)20(17)22-21(19)15(4)24(30)34-22/h5-6,14,17,19-22,26-27H,2,4,7-11H2,1,3H3/b12-5+,16-6+/t14-,17+,19-,20+,21?,22-/m1/s1. The lowest BCUT2D eigenvalue weighted by Crippen LogP contribution is -2.38. The molecule has 184 valence electrons. The van der Waals surface area contributed by atoms with E-state index in [-0.39, 0.29) is 53.3 Å². The Labute approximate surface area is 197 Å². The molecular weight excluding hydrogens is 444 g/mol. The molecule has 1 saturated heterocycles. The van der Waals surface area contributed by atoms with Gasteiger partial charge in [-0.15, -0.1) is 0 Å². The average Bonchev–Trinajstić information content (AvgIpc) is 3.21. The first kappa shape index (κ1) is 25.6. The van der Waals surface area contributed by atoms with E-state index < -0.39 is 49.2 Å². The van der Waals surface area contributed by atoms with Crippen molar-refractivity contribution < 1.29 is 43.6 Å². The van der Waals surface area contributed by atoms with Crippen LogP contribution in [0, 0.1) is 23.7 Å². The van der Waals surface area contributed by atoms with Crippen molar-refractivity contribution in [2.45, 2.75) is 38.9 Å². The molecule has 0 aromatic heterocycles. The number of hydrogen-bond acceptors (Lipinski definition) is 9. The van der Waals surface area contributed by atoms with Gasteiger partial charge in [-0.05, 0) is 25.0 Å². The second-order valence-corrected chi connectivity index (χ2v) is 8.93. The van der Waals surface area contributed by atoms with Crippen molar-refractivity contribution >= 4 is 23.7 Å². The zero-order valence-electron chi connectivity index (χ0n) is 19.3. The van der Waals surface area contributed by atoms with E-state index in [1.54, 1.807) is 0 Å². The van der Waals surface area contributed by atoms with Gasteiger partial charge in [0.1, 0.15) is 24.6 Å². The minimum absolute atomic E-state index is 0.0828. The van der Waals surface area contributed by atoms with Gasteiger partial charge in [-0.3, -0.25) is 4.79 Å². The molecule has 0 bridgehead atoms. The van der Waals surface area contributed by atoms with Crippen molar-refractivity contribution in [2.24, 2.45) is 23.7 Å². The number of Topliss-reactive ketones (excluding diaryl/α,β-unsaturated/α-hetero) is 1. The number of fused-ring (bicyclic) bond motifs is 3. The van der Waals surface area contributed by atoms with Gasteiger partial charge in [-0.1, -0.05) is 25.7 Å². The highest BCUT2D eigenvalue weighted by Crippen LogP contribution is 2.52. The molecule has 0 aromatic carbocycles. The van der Waals surface area contributed by atoms with Gasteiger partial charge in [0.15, 0.2) is 0 Å². The van der Waals surface area contributed by atoms with Crippen LogP contribution in [0.25, 0.3) is 0 Å². The van der Waals surface area contributed by atoms with E-state index in [1.807, 2.05) is 6.92 Å². The second kappa shape index (κ2) is 10.5. The van der Waals surface area contributed by atoms with Crippen LogP contribution in [0.1, 0.15) is 26.7 Å². The fourth-order valence-corrected chi connectivity index (χ4v) is 5.05. The van der Waals surface area contributed by atoms with E-state index in [0.29, 0.717) is 6.42 Å². The van der Waals surface area contributed by atoms with Crippen LogP contribution < -0.4 is 0 Å². The SMILES string of the molecule is C=C1C(=O)O[C@H]2C1[C@H](OC(=O)/C(=C/CO)COC(=O)/C(C)=C/CO)CC(=C)[C@@H]1CC(=O)[C@@H](C)[C@@H]12. The maximum atomic E-state index is 13.0. The first-order valence-electron chi connectivity index (χ1n) is 11.2. The normalized spacial score (nSPS) is 31.5. The van der Waals surface area contributed by atoms with E-state index in [0.717, 1.165) is 5.57 Å². The zero-order chi connectivity index (χ0) is 25.2. The Hall–Kier alpha value is -3.04. The minimum Gasteiger partial charge on any atom is -0.458 e. The number of esters is 3. The van der Waals surface area contributed by atoms with Crippen molar-refractivity contribution in [3.05, 3.63) is 47.6 Å². The summed E-state index contributed by atoms with van der Waals surface area (Å²) in [5.74, 6) is -3.50. The lowest BCUT2D eigenvalue weighted by molar-refractivity contribution is -0.150. The van der Waals surface area contributed by atoms with Crippen molar-refractivity contribution in [1.82, 2.24) is 0 Å². The summed E-state index contributed by atoms with van der Waals surface area (Å²) in [5, 5.41) is 18.2. The Bertz CT molecular complexity index is 973. The largest absolute Gasteiger partial charge is 0.458 e. The number of ketones is 1. The first-order chi connectivity index (χ1) is 16.1. The third kappa shape index (κ3) is 4.90. The summed E-state index contributed by atoms with van der Waals surface area (Å²) in [5.41, 5.74) is 0.989. The molecule has 2 saturated carbocycles. The van der Waals surface area contributed by atoms with Gasteiger partial charge in [0.05, 0.1) is 24.7 Å². The monoisotopic (exact) mass is 474 g/mol. The number of aliphatic hydroxyl groups is 2. The summed E-state index contributed by atoms with van der Waals surface area (Å²) in [4.78, 5) is 49.8. The Morgan fingerprint density at radius 3 is 2.44 bits per heavy atom. The molecule has 1 heterocycles. The highest BCUT2D eigenvalue weighted by Gasteiger charge is 2.57. The molecule has 3 rings (SSSR count). The summed E-state index contributed by atoms with van der Waals surface area (Å²) < 4.78 is 16.5. The summed E-state index contributed by atoms with van der Waals surface area (Å²) in [6.07, 6.45) is 1.45. The number of ether oxygens (including phenoxy) is 3. The highest BCUT2D eigenvalue weighted by atomic mass is 16.6. The summed E-state index contributed by atoms with van der Waals surface area (Å²) in [6.45, 7) is 9.95. The summed E-state index contributed by atoms with van der Waals surface area (Å²) >= 11 is 0. The Morgan fingerprint density at radius 2 is 1.79 bits per heavy atom. The maximum Gasteiger partial charge on any atom is 0.337 e. The third-order valence-corrected chi connectivity index (χ3v) is 6.94. The molecule has 9 heteroatoms. The smallest absolute Gasteiger partial charge is 0.337 e. The van der Waals surface area contributed by atoms with Gasteiger partial charge in [0.2, 0.25) is 0 Å². The molecule has 0 aromatic rings. The molecule has 3 fully saturated rings. The molecule has 6 atom stereocenters. The van der Waals surface area contributed by atoms with Gasteiger partial charge in [-0.2, -0.15) is 0 Å². The van der Waals surface area contributed by atoms with Crippen LogP contribution in [-0.2, 0) is 33.4 Å². The average molecular weight is 475 g/mol. The molecule has 34 heavy (non-hydrogen) atoms. The Balaban J connectivity index is 1.81. The van der Waals surface area contributed by atoms with Crippen LogP contribution in [-0.4, -0.2) is 65.9 Å². The van der Waals surface area contributed by atoms with Gasteiger partial charge in [0, 0.05) is 35.8 Å². The van der Waals surface area contributed by atoms with Crippen LogP contribution in [0.15, 0.2) is 47.6 Å². The zero-order valence-corrected chi connectivity index (χ0v) is 19.3. The van der Waals surface area contributed by atoms with E-state index in [1.165, 1.54) is 19.1 Å². The number of carbonyl (C=O) groups excluding carboxylic acids is 4. The van der Waals surface area contributed by atoms with Gasteiger partial charge in [0.25, 0.3) is 0 Å². The van der Waals surface area contributed by atoms with Crippen molar-refractivity contribution in [1.29, 1.82) is 0 Å². The van der Waals surface area contributed by atoms with Crippen LogP contribution in [0.4, 0.5) is 0 Å². The molecular formula is C25H30O9. The Kier molecular flexibility index (Phi) is 7.89. The van der Waals surface area contributed by atoms with E-state index in [9.17, 15) is 24.3 Å². The molecule has 9 nitrogen and oxygen atoms in total. The molecule has 0 radical (unpaired) electrons. The molecule has 2 aliphatic carbocycles. The van der Waals surface area contributed by atoms with Gasteiger partial charge >= 0.3 is 17.9 Å². The molecule has 2 N–H and O–H groups in total. The van der Waals surface area contributed by atoms with Gasteiger partial charge < -0.3 is 24.4 Å². The first-order valence-corrected chi connectivity index (χ1v) is 11.2. The highest BCUT2D eigenvalue weighted by molar-refractivity contribution is 5.93. The van der Waals surface area contributed by atoms with Crippen LogP contribution in [0.5, 0.6) is 0 Å². The molecule has 3 aliphatic rings. The fraction of sp³-hybridized carbons (Fsp3) is 0.520. The lowest BCUT2D eigenvalue weighted by atomic mass is 9.79. The predicted octanol–water partition coefficient (Wildman–Crippen LogP) is 1.20. The fourth-order valence-electron chi connectivity index (χ4n) is 5.05. The molecule has 0 amide bonds. The quantitative estimate of drug-likeness (QED) is 0.241. The van der Waals surface area contributed by atoms with Crippen LogP contribution in [0.3, 0.4) is 0 Å². The molecule has 0 spiro atoms. The molecule has 1 unspecified atom stereocenters. The van der Waals surface area contributed by atoms with E-state index in [4.69, 9.17) is 19.3 Å². The lowest BCUT2D eigenvalue weighted by Gasteiger charge is -2.29. The van der Waals surface area contributed by atoms with Crippen molar-refractivity contribution in [3.63, 3.8) is 0 Å². The number of rotatable bonds is 7. The number of carbonyl (C=O) groups is 4. The predicted molar refractivity (Wildman–Crippen MR) is 119 cm³/mol. The number of aliphatic hydroxyl groups excluding tert-OH is 2. The summed E-state index contributed by atoms with van der Waals surface area (Å²) in [7, 11) is 0. The van der Waals surface area contributed by atoms with E-state index >= 15 is 0 Å². The van der Waals surface area contributed by atoms with Gasteiger partial charge in [-0.25, -0.2) is 14.4 Å². The minimum atomic E-state index is -0.828. The summed E-state index contributed by atoms with van der Waals surface area (Å²) in [6, 6.07) is 0. The van der Waals surface area contributed by atoms with Crippen LogP contribution >= 0.6 is 0 Å². The second-order valence-electron chi connectivity index (χ2n) is 8.93. The topological polar surface area (TPSA) is 136 Å². The van der Waals surface area contributed by atoms with Crippen molar-refractivity contribution in [3.8, 4) is 0 Å².